The molecule has 20 heavy (non-hydrogen) atoms. The Kier molecular flexibility index (Phi) is 5.34. The second-order valence-electron chi connectivity index (χ2n) is 4.87. The summed E-state index contributed by atoms with van der Waals surface area (Å²) >= 11 is 5.82. The molecule has 110 valence electrons. The van der Waals surface area contributed by atoms with E-state index in [1.54, 1.807) is 12.3 Å². The van der Waals surface area contributed by atoms with Crippen molar-refractivity contribution in [1.29, 1.82) is 0 Å². The van der Waals surface area contributed by atoms with Crippen LogP contribution in [-0.4, -0.2) is 41.6 Å². The minimum Gasteiger partial charge on any atom is -0.465 e. The van der Waals surface area contributed by atoms with Crippen LogP contribution in [0.2, 0.25) is 5.15 Å². The molecule has 0 spiro atoms. The van der Waals surface area contributed by atoms with Crippen molar-refractivity contribution in [3.63, 3.8) is 0 Å². The molecule has 0 aromatic carbocycles. The maximum atomic E-state index is 11.8. The van der Waals surface area contributed by atoms with Crippen molar-refractivity contribution in [3.8, 4) is 0 Å². The molecule has 1 aliphatic heterocycles. The number of nitrogens with zero attached hydrogens (tertiary/aromatic N) is 2. The topological polar surface area (TPSA) is 68.5 Å². The molecule has 0 aliphatic carbocycles. The molecule has 0 amide bonds. The molecule has 2 rings (SSSR count). The van der Waals surface area contributed by atoms with E-state index in [1.807, 2.05) is 13.0 Å². The van der Waals surface area contributed by atoms with Crippen molar-refractivity contribution < 1.29 is 9.53 Å². The van der Waals surface area contributed by atoms with Gasteiger partial charge in [0.2, 0.25) is 0 Å². The Balaban J connectivity index is 2.13. The second-order valence-corrected chi connectivity index (χ2v) is 5.26. The molecule has 0 saturated carbocycles. The average molecular weight is 298 g/mol. The lowest BCUT2D eigenvalue weighted by molar-refractivity contribution is -0.145. The van der Waals surface area contributed by atoms with Crippen molar-refractivity contribution in [3.05, 3.63) is 29.0 Å². The van der Waals surface area contributed by atoms with Gasteiger partial charge in [-0.1, -0.05) is 17.7 Å². The van der Waals surface area contributed by atoms with Crippen molar-refractivity contribution in [2.45, 2.75) is 31.8 Å². The molecule has 0 radical (unpaired) electrons. The third-order valence-corrected chi connectivity index (χ3v) is 3.89. The Labute approximate surface area is 124 Å². The minimum absolute atomic E-state index is 0.151. The minimum atomic E-state index is -0.209. The Morgan fingerprint density at radius 1 is 1.55 bits per heavy atom. The van der Waals surface area contributed by atoms with E-state index in [-0.39, 0.29) is 24.6 Å². The summed E-state index contributed by atoms with van der Waals surface area (Å²) in [4.78, 5) is 18.0. The molecular weight excluding hydrogens is 278 g/mol. The summed E-state index contributed by atoms with van der Waals surface area (Å²) in [6.07, 6.45) is 3.71. The zero-order valence-corrected chi connectivity index (χ0v) is 12.3. The highest BCUT2D eigenvalue weighted by atomic mass is 35.5. The second kappa shape index (κ2) is 7.02. The summed E-state index contributed by atoms with van der Waals surface area (Å²) in [5.41, 5.74) is 6.87. The zero-order chi connectivity index (χ0) is 14.5. The number of nitrogens with two attached hydrogens (primary N) is 1. The van der Waals surface area contributed by atoms with E-state index in [2.05, 4.69) is 9.88 Å². The van der Waals surface area contributed by atoms with Gasteiger partial charge in [-0.05, 0) is 31.4 Å². The van der Waals surface area contributed by atoms with Gasteiger partial charge in [-0.2, -0.15) is 0 Å². The van der Waals surface area contributed by atoms with E-state index < -0.39 is 0 Å². The summed E-state index contributed by atoms with van der Waals surface area (Å²) < 4.78 is 5.04. The molecule has 0 bridgehead atoms. The monoisotopic (exact) mass is 297 g/mol. The van der Waals surface area contributed by atoms with Gasteiger partial charge in [0.25, 0.3) is 0 Å². The first-order valence-electron chi connectivity index (χ1n) is 6.88. The van der Waals surface area contributed by atoms with Crippen LogP contribution in [0.25, 0.3) is 0 Å². The van der Waals surface area contributed by atoms with E-state index in [0.717, 1.165) is 18.4 Å². The first kappa shape index (κ1) is 15.2. The van der Waals surface area contributed by atoms with Gasteiger partial charge < -0.3 is 10.5 Å². The Morgan fingerprint density at radius 2 is 2.35 bits per heavy atom. The summed E-state index contributed by atoms with van der Waals surface area (Å²) in [5, 5.41) is 0.471. The van der Waals surface area contributed by atoms with Crippen LogP contribution in [0.1, 0.15) is 31.4 Å². The highest BCUT2D eigenvalue weighted by Crippen LogP contribution is 2.35. The number of carbonyl (C=O) groups excluding carboxylic acids is 1. The van der Waals surface area contributed by atoms with Gasteiger partial charge >= 0.3 is 5.97 Å². The van der Waals surface area contributed by atoms with Gasteiger partial charge in [0, 0.05) is 24.8 Å². The third-order valence-electron chi connectivity index (χ3n) is 3.67. The van der Waals surface area contributed by atoms with E-state index >= 15 is 0 Å². The molecule has 1 aliphatic rings. The summed E-state index contributed by atoms with van der Waals surface area (Å²) in [6, 6.07) is 4.09. The van der Waals surface area contributed by atoms with Crippen molar-refractivity contribution in [2.24, 2.45) is 5.73 Å². The van der Waals surface area contributed by atoms with Crippen molar-refractivity contribution >= 4 is 17.6 Å². The molecule has 2 heterocycles. The van der Waals surface area contributed by atoms with Gasteiger partial charge in [0.1, 0.15) is 5.15 Å². The molecule has 1 aromatic heterocycles. The van der Waals surface area contributed by atoms with Crippen molar-refractivity contribution in [2.75, 3.05) is 19.7 Å². The van der Waals surface area contributed by atoms with Crippen LogP contribution in [0.4, 0.5) is 0 Å². The Bertz CT molecular complexity index is 452. The average Bonchev–Trinajstić information content (AvgIpc) is 2.82. The number of pyridine rings is 1. The standard InChI is InChI=1S/C14H20ClN3O2/c1-2-20-14(19)9-18-11(7-16)4-5-12(18)10-3-6-13(15)17-8-10/h3,6,8,11-12H,2,4-5,7,9,16H2,1H3/t11-,12?/m0/s1. The zero-order valence-electron chi connectivity index (χ0n) is 11.6. The lowest BCUT2D eigenvalue weighted by Crippen LogP contribution is -2.40. The van der Waals surface area contributed by atoms with E-state index in [1.165, 1.54) is 0 Å². The van der Waals surface area contributed by atoms with Crippen molar-refractivity contribution in [1.82, 2.24) is 9.88 Å². The molecule has 6 heteroatoms. The molecule has 2 atom stereocenters. The highest BCUT2D eigenvalue weighted by Gasteiger charge is 2.35. The quantitative estimate of drug-likeness (QED) is 0.662. The summed E-state index contributed by atoms with van der Waals surface area (Å²) in [5.74, 6) is -0.209. The SMILES string of the molecule is CCOC(=O)CN1C(c2ccc(Cl)nc2)CC[C@H]1CN. The predicted molar refractivity (Wildman–Crippen MR) is 77.4 cm³/mol. The fourth-order valence-corrected chi connectivity index (χ4v) is 2.84. The summed E-state index contributed by atoms with van der Waals surface area (Å²) in [7, 11) is 0. The lowest BCUT2D eigenvalue weighted by atomic mass is 10.1. The van der Waals surface area contributed by atoms with Crippen LogP contribution in [0.5, 0.6) is 0 Å². The van der Waals surface area contributed by atoms with E-state index in [0.29, 0.717) is 18.3 Å². The maximum Gasteiger partial charge on any atom is 0.320 e. The third kappa shape index (κ3) is 3.48. The fraction of sp³-hybridized carbons (Fsp3) is 0.571. The maximum absolute atomic E-state index is 11.8. The van der Waals surface area contributed by atoms with Crippen LogP contribution in [-0.2, 0) is 9.53 Å². The lowest BCUT2D eigenvalue weighted by Gasteiger charge is -2.28. The number of esters is 1. The van der Waals surface area contributed by atoms with Crippen LogP contribution in [0, 0.1) is 0 Å². The predicted octanol–water partition coefficient (Wildman–Crippen LogP) is 1.76. The van der Waals surface area contributed by atoms with Gasteiger partial charge in [-0.25, -0.2) is 4.98 Å². The molecule has 1 saturated heterocycles. The Hall–Kier alpha value is -1.17. The van der Waals surface area contributed by atoms with Crippen LogP contribution < -0.4 is 5.73 Å². The molecule has 1 aromatic rings. The van der Waals surface area contributed by atoms with E-state index in [4.69, 9.17) is 22.1 Å². The first-order chi connectivity index (χ1) is 9.65. The highest BCUT2D eigenvalue weighted by molar-refractivity contribution is 6.29. The van der Waals surface area contributed by atoms with Crippen LogP contribution in [0.3, 0.4) is 0 Å². The molecule has 1 unspecified atom stereocenters. The molecular formula is C14H20ClN3O2. The Morgan fingerprint density at radius 3 is 2.95 bits per heavy atom. The number of carbonyl (C=O) groups is 1. The number of rotatable bonds is 5. The number of ether oxygens (including phenoxy) is 1. The first-order valence-corrected chi connectivity index (χ1v) is 7.26. The van der Waals surface area contributed by atoms with Crippen LogP contribution in [0.15, 0.2) is 18.3 Å². The number of hydrogen-bond acceptors (Lipinski definition) is 5. The normalized spacial score (nSPS) is 22.9. The number of hydrogen-bond donors (Lipinski definition) is 1. The molecule has 2 N–H and O–H groups in total. The number of halogens is 1. The molecule has 1 fully saturated rings. The van der Waals surface area contributed by atoms with E-state index in [9.17, 15) is 4.79 Å². The van der Waals surface area contributed by atoms with Gasteiger partial charge in [-0.15, -0.1) is 0 Å². The van der Waals surface area contributed by atoms with Crippen LogP contribution >= 0.6 is 11.6 Å². The summed E-state index contributed by atoms with van der Waals surface area (Å²) in [6.45, 7) is 3.01. The van der Waals surface area contributed by atoms with Gasteiger partial charge in [0.05, 0.1) is 13.2 Å². The number of aromatic nitrogens is 1. The fourth-order valence-electron chi connectivity index (χ4n) is 2.73. The smallest absolute Gasteiger partial charge is 0.320 e. The largest absolute Gasteiger partial charge is 0.465 e. The van der Waals surface area contributed by atoms with Gasteiger partial charge in [0.15, 0.2) is 0 Å². The molecule has 5 nitrogen and oxygen atoms in total. The van der Waals surface area contributed by atoms with Gasteiger partial charge in [-0.3, -0.25) is 9.69 Å². The number of likely N-dealkylation sites (tertiary alicyclic amines) is 1.